The highest BCUT2D eigenvalue weighted by Gasteiger charge is 2.32. The van der Waals surface area contributed by atoms with E-state index in [0.717, 1.165) is 11.1 Å². The molecule has 1 aliphatic rings. The molecule has 1 aromatic heterocycles. The molecular formula is C23H29N5O2. The lowest BCUT2D eigenvalue weighted by atomic mass is 9.98. The minimum atomic E-state index is -0.111. The van der Waals surface area contributed by atoms with Gasteiger partial charge >= 0.3 is 0 Å². The number of aromatic nitrogens is 1. The summed E-state index contributed by atoms with van der Waals surface area (Å²) in [6.45, 7) is 6.75. The molecule has 1 aromatic carbocycles. The van der Waals surface area contributed by atoms with Crippen LogP contribution in [0.1, 0.15) is 48.0 Å². The summed E-state index contributed by atoms with van der Waals surface area (Å²) in [5.74, 6) is 1.17. The summed E-state index contributed by atoms with van der Waals surface area (Å²) in [6.07, 6.45) is 0. The fraction of sp³-hybridized carbons (Fsp3) is 0.348. The van der Waals surface area contributed by atoms with E-state index in [9.17, 15) is 4.79 Å². The van der Waals surface area contributed by atoms with Gasteiger partial charge in [0.25, 0.3) is 5.91 Å². The second-order valence-corrected chi connectivity index (χ2v) is 7.73. The van der Waals surface area contributed by atoms with Gasteiger partial charge in [0.15, 0.2) is 0 Å². The average molecular weight is 408 g/mol. The number of benzene rings is 1. The molecule has 3 rings (SSSR count). The predicted octanol–water partition coefficient (Wildman–Crippen LogP) is 3.34. The molecule has 0 spiro atoms. The van der Waals surface area contributed by atoms with Crippen LogP contribution in [0.5, 0.6) is 5.75 Å². The third-order valence-corrected chi connectivity index (χ3v) is 5.26. The van der Waals surface area contributed by atoms with E-state index >= 15 is 0 Å². The molecule has 0 aliphatic carbocycles. The molecule has 2 heterocycles. The summed E-state index contributed by atoms with van der Waals surface area (Å²) in [6, 6.07) is 9.22. The van der Waals surface area contributed by atoms with Crippen molar-refractivity contribution in [3.05, 3.63) is 58.4 Å². The van der Waals surface area contributed by atoms with E-state index < -0.39 is 0 Å². The third kappa shape index (κ3) is 3.93. The van der Waals surface area contributed by atoms with Crippen molar-refractivity contribution in [3.63, 3.8) is 0 Å². The van der Waals surface area contributed by atoms with E-state index in [1.165, 1.54) is 0 Å². The maximum Gasteiger partial charge on any atom is 0.260 e. The fourth-order valence-corrected chi connectivity index (χ4v) is 3.66. The van der Waals surface area contributed by atoms with Crippen LogP contribution in [0.15, 0.2) is 36.0 Å². The number of allylic oxidation sites excluding steroid dienone is 2. The smallest absolute Gasteiger partial charge is 0.260 e. The topological polar surface area (TPSA) is 104 Å². The molecule has 0 unspecified atom stereocenters. The van der Waals surface area contributed by atoms with Gasteiger partial charge in [0, 0.05) is 29.1 Å². The number of carbonyl (C=O) groups is 1. The van der Waals surface area contributed by atoms with Gasteiger partial charge in [-0.25, -0.2) is 4.98 Å². The Hall–Kier alpha value is -3.19. The predicted molar refractivity (Wildman–Crippen MR) is 120 cm³/mol. The number of nitrogens with one attached hydrogen (secondary N) is 2. The largest absolute Gasteiger partial charge is 0.497 e. The summed E-state index contributed by atoms with van der Waals surface area (Å²) in [4.78, 5) is 19.6. The lowest BCUT2D eigenvalue weighted by molar-refractivity contribution is 0.0995. The van der Waals surface area contributed by atoms with Crippen molar-refractivity contribution in [3.8, 4) is 5.75 Å². The molecule has 0 saturated carbocycles. The first-order valence-corrected chi connectivity index (χ1v) is 9.97. The van der Waals surface area contributed by atoms with Crippen LogP contribution in [0.3, 0.4) is 0 Å². The van der Waals surface area contributed by atoms with Crippen molar-refractivity contribution in [2.24, 2.45) is 11.7 Å². The van der Waals surface area contributed by atoms with Crippen LogP contribution in [0, 0.1) is 11.3 Å². The Morgan fingerprint density at radius 1 is 1.37 bits per heavy atom. The van der Waals surface area contributed by atoms with Gasteiger partial charge in [0.2, 0.25) is 0 Å². The van der Waals surface area contributed by atoms with E-state index in [2.05, 4.69) is 5.32 Å². The number of rotatable bonds is 7. The van der Waals surface area contributed by atoms with E-state index in [0.29, 0.717) is 52.9 Å². The Balaban J connectivity index is 2.05. The normalized spacial score (nSPS) is 14.1. The first-order chi connectivity index (χ1) is 14.3. The number of carbonyl (C=O) groups excluding carboxylic acids is 1. The van der Waals surface area contributed by atoms with E-state index in [4.69, 9.17) is 20.9 Å². The lowest BCUT2D eigenvalue weighted by Crippen LogP contribution is -2.24. The minimum Gasteiger partial charge on any atom is -0.497 e. The van der Waals surface area contributed by atoms with E-state index in [-0.39, 0.29) is 11.8 Å². The maximum absolute atomic E-state index is 13.2. The van der Waals surface area contributed by atoms with Crippen molar-refractivity contribution in [2.45, 2.75) is 33.9 Å². The number of hydrogen-bond donors (Lipinski definition) is 3. The second-order valence-electron chi connectivity index (χ2n) is 7.73. The quantitative estimate of drug-likeness (QED) is 0.611. The Bertz CT molecular complexity index is 1030. The van der Waals surface area contributed by atoms with Crippen molar-refractivity contribution in [2.75, 3.05) is 19.1 Å². The number of nitrogens with zero attached hydrogens (tertiary/aromatic N) is 2. The Morgan fingerprint density at radius 3 is 2.70 bits per heavy atom. The van der Waals surface area contributed by atoms with Gasteiger partial charge in [0.05, 0.1) is 19.3 Å². The van der Waals surface area contributed by atoms with Crippen molar-refractivity contribution in [1.82, 2.24) is 10.3 Å². The van der Waals surface area contributed by atoms with Crippen molar-refractivity contribution < 1.29 is 9.53 Å². The molecule has 4 N–H and O–H groups in total. The number of fused-ring (bicyclic) bond motifs is 1. The standard InChI is InChI=1S/C23H29N5O2/c1-13(2)22(25)21(14(3)24)19-7-6-8-20(27-19)28-12-18-15(11-26-4)9-16(30-5)10-17(18)23(28)29/h6-10,13,24,26H,11-12,25H2,1-5H3/b22-21+,24-14?. The first kappa shape index (κ1) is 21.5. The number of ether oxygens (including phenoxy) is 1. The highest BCUT2D eigenvalue weighted by atomic mass is 16.5. The zero-order chi connectivity index (χ0) is 22.0. The van der Waals surface area contributed by atoms with Crippen molar-refractivity contribution in [1.29, 1.82) is 5.41 Å². The van der Waals surface area contributed by atoms with Crippen LogP contribution in [0.25, 0.3) is 5.57 Å². The molecule has 1 aliphatic heterocycles. The number of anilines is 1. The molecule has 30 heavy (non-hydrogen) atoms. The summed E-state index contributed by atoms with van der Waals surface area (Å²) in [7, 11) is 3.47. The molecule has 1 amide bonds. The zero-order valence-corrected chi connectivity index (χ0v) is 18.2. The monoisotopic (exact) mass is 407 g/mol. The molecule has 0 atom stereocenters. The maximum atomic E-state index is 13.2. The van der Waals surface area contributed by atoms with Crippen LogP contribution in [-0.4, -0.2) is 30.8 Å². The average Bonchev–Trinajstić information content (AvgIpc) is 3.05. The lowest BCUT2D eigenvalue weighted by Gasteiger charge is -2.18. The Kier molecular flexibility index (Phi) is 6.22. The van der Waals surface area contributed by atoms with E-state index in [1.807, 2.05) is 45.2 Å². The molecule has 0 bridgehead atoms. The number of amides is 1. The summed E-state index contributed by atoms with van der Waals surface area (Å²) < 4.78 is 5.38. The van der Waals surface area contributed by atoms with Gasteiger partial charge in [-0.1, -0.05) is 19.9 Å². The molecule has 158 valence electrons. The number of hydrogen-bond acceptors (Lipinski definition) is 6. The number of methoxy groups -OCH3 is 1. The van der Waals surface area contributed by atoms with Gasteiger partial charge in [-0.15, -0.1) is 0 Å². The molecule has 0 fully saturated rings. The number of pyridine rings is 1. The highest BCUT2D eigenvalue weighted by Crippen LogP contribution is 2.33. The molecule has 0 saturated heterocycles. The van der Waals surface area contributed by atoms with Gasteiger partial charge in [-0.05, 0) is 55.3 Å². The number of nitrogens with two attached hydrogens (primary N) is 1. The van der Waals surface area contributed by atoms with Gasteiger partial charge < -0.3 is 21.2 Å². The second kappa shape index (κ2) is 8.67. The van der Waals surface area contributed by atoms with Crippen LogP contribution in [-0.2, 0) is 13.1 Å². The SMILES string of the molecule is CNCc1cc(OC)cc2c1CN(c1cccc(/C(C(C)=N)=C(/N)C(C)C)n1)C2=O. The Labute approximate surface area is 177 Å². The Morgan fingerprint density at radius 2 is 2.10 bits per heavy atom. The van der Waals surface area contributed by atoms with Crippen molar-refractivity contribution >= 4 is 23.0 Å². The molecule has 0 radical (unpaired) electrons. The molecule has 2 aromatic rings. The van der Waals surface area contributed by atoms with Gasteiger partial charge in [-0.3, -0.25) is 9.69 Å². The zero-order valence-electron chi connectivity index (χ0n) is 18.2. The van der Waals surface area contributed by atoms with Crippen LogP contribution < -0.4 is 20.7 Å². The summed E-state index contributed by atoms with van der Waals surface area (Å²) in [5.41, 5.74) is 11.1. The van der Waals surface area contributed by atoms with Crippen LogP contribution >= 0.6 is 0 Å². The molecule has 7 nitrogen and oxygen atoms in total. The molecular weight excluding hydrogens is 378 g/mol. The highest BCUT2D eigenvalue weighted by molar-refractivity contribution is 6.21. The van der Waals surface area contributed by atoms with Gasteiger partial charge in [0.1, 0.15) is 11.6 Å². The summed E-state index contributed by atoms with van der Waals surface area (Å²) >= 11 is 0. The van der Waals surface area contributed by atoms with Crippen LogP contribution in [0.2, 0.25) is 0 Å². The van der Waals surface area contributed by atoms with Gasteiger partial charge in [-0.2, -0.15) is 0 Å². The third-order valence-electron chi connectivity index (χ3n) is 5.26. The minimum absolute atomic E-state index is 0.0833. The fourth-order valence-electron chi connectivity index (χ4n) is 3.66. The van der Waals surface area contributed by atoms with E-state index in [1.54, 1.807) is 25.0 Å². The molecule has 7 heteroatoms. The van der Waals surface area contributed by atoms with Crippen LogP contribution in [0.4, 0.5) is 5.82 Å². The first-order valence-electron chi connectivity index (χ1n) is 9.97. The summed E-state index contributed by atoms with van der Waals surface area (Å²) in [5, 5.41) is 11.3.